The number of nitrogens with one attached hydrogen (secondary N) is 2. The van der Waals surface area contributed by atoms with Gasteiger partial charge in [-0.1, -0.05) is 6.07 Å². The zero-order chi connectivity index (χ0) is 22.1. The van der Waals surface area contributed by atoms with Gasteiger partial charge in [0.05, 0.1) is 22.1 Å². The number of sulfone groups is 1. The number of anilines is 1. The van der Waals surface area contributed by atoms with Crippen molar-refractivity contribution in [3.05, 3.63) is 60.4 Å². The van der Waals surface area contributed by atoms with Crippen molar-refractivity contribution >= 4 is 31.5 Å². The Balaban J connectivity index is 1.44. The second-order valence-electron chi connectivity index (χ2n) is 7.00. The zero-order valence-electron chi connectivity index (χ0n) is 16.0. The first kappa shape index (κ1) is 21.1. The van der Waals surface area contributed by atoms with Gasteiger partial charge in [0.2, 0.25) is 10.0 Å². The average Bonchev–Trinajstić information content (AvgIpc) is 3.38. The van der Waals surface area contributed by atoms with E-state index in [0.717, 1.165) is 0 Å². The Morgan fingerprint density at radius 1 is 1.13 bits per heavy atom. The molecule has 1 amide bonds. The Bertz CT molecular complexity index is 1310. The molecule has 1 aromatic heterocycles. The summed E-state index contributed by atoms with van der Waals surface area (Å²) in [4.78, 5) is 12.5. The predicted molar refractivity (Wildman–Crippen MR) is 111 cm³/mol. The van der Waals surface area contributed by atoms with E-state index in [1.807, 2.05) is 0 Å². The molecule has 13 heteroatoms. The first-order chi connectivity index (χ1) is 14.7. The normalized spacial score (nSPS) is 18.0. The van der Waals surface area contributed by atoms with Gasteiger partial charge in [-0.05, 0) is 59.3 Å². The van der Waals surface area contributed by atoms with Crippen LogP contribution < -0.4 is 10.0 Å². The Kier molecular flexibility index (Phi) is 5.56. The van der Waals surface area contributed by atoms with Gasteiger partial charge < -0.3 is 5.32 Å². The van der Waals surface area contributed by atoms with Crippen molar-refractivity contribution in [3.63, 3.8) is 0 Å². The molecule has 31 heavy (non-hydrogen) atoms. The third kappa shape index (κ3) is 4.95. The van der Waals surface area contributed by atoms with Crippen LogP contribution in [0.5, 0.6) is 0 Å². The summed E-state index contributed by atoms with van der Waals surface area (Å²) >= 11 is 0. The van der Waals surface area contributed by atoms with E-state index in [-0.39, 0.29) is 28.7 Å². The van der Waals surface area contributed by atoms with Gasteiger partial charge in [-0.25, -0.2) is 26.2 Å². The van der Waals surface area contributed by atoms with Gasteiger partial charge in [0.1, 0.15) is 6.33 Å². The third-order valence-electron chi connectivity index (χ3n) is 4.70. The van der Waals surface area contributed by atoms with Gasteiger partial charge in [-0.2, -0.15) is 0 Å². The molecular formula is C18H18N6O5S2. The first-order valence-corrected chi connectivity index (χ1v) is 12.5. The number of carbonyl (C=O) groups is 1. The first-order valence-electron chi connectivity index (χ1n) is 9.19. The van der Waals surface area contributed by atoms with Crippen molar-refractivity contribution in [1.82, 2.24) is 24.9 Å². The lowest BCUT2D eigenvalue weighted by molar-refractivity contribution is 0.102. The average molecular weight is 463 g/mol. The quantitative estimate of drug-likeness (QED) is 0.533. The van der Waals surface area contributed by atoms with Crippen LogP contribution in [0.1, 0.15) is 16.8 Å². The monoisotopic (exact) mass is 462 g/mol. The lowest BCUT2D eigenvalue weighted by Gasteiger charge is -2.12. The second-order valence-corrected chi connectivity index (χ2v) is 10.9. The fourth-order valence-corrected chi connectivity index (χ4v) is 6.21. The Labute approximate surface area is 178 Å². The molecule has 0 saturated carbocycles. The number of benzene rings is 2. The predicted octanol–water partition coefficient (Wildman–Crippen LogP) is 0.380. The summed E-state index contributed by atoms with van der Waals surface area (Å²) in [5.41, 5.74) is 1.38. The van der Waals surface area contributed by atoms with Crippen LogP contribution in [0.4, 0.5) is 5.69 Å². The number of sulfonamides is 1. The van der Waals surface area contributed by atoms with E-state index in [2.05, 4.69) is 25.6 Å². The van der Waals surface area contributed by atoms with E-state index >= 15 is 0 Å². The number of aromatic nitrogens is 4. The highest BCUT2D eigenvalue weighted by molar-refractivity contribution is 7.92. The van der Waals surface area contributed by atoms with Crippen LogP contribution in [0.3, 0.4) is 0 Å². The summed E-state index contributed by atoms with van der Waals surface area (Å²) in [6.07, 6.45) is 1.66. The topological polar surface area (TPSA) is 153 Å². The van der Waals surface area contributed by atoms with Gasteiger partial charge in [0.15, 0.2) is 9.84 Å². The number of hydrogen-bond acceptors (Lipinski definition) is 8. The minimum Gasteiger partial charge on any atom is -0.322 e. The van der Waals surface area contributed by atoms with Crippen LogP contribution in [0, 0.1) is 0 Å². The summed E-state index contributed by atoms with van der Waals surface area (Å²) in [6.45, 7) is 0. The molecule has 0 radical (unpaired) electrons. The summed E-state index contributed by atoms with van der Waals surface area (Å²) in [5, 5.41) is 13.6. The molecule has 162 valence electrons. The maximum absolute atomic E-state index is 12.5. The van der Waals surface area contributed by atoms with Crippen LogP contribution in [0.15, 0.2) is 59.8 Å². The SMILES string of the molecule is O=C(Nc1ccc(S(=O)(=O)N[C@@H]2CCS(=O)(=O)C2)cc1)c1cccc(-n2cnnn2)c1. The molecule has 1 fully saturated rings. The highest BCUT2D eigenvalue weighted by atomic mass is 32.2. The highest BCUT2D eigenvalue weighted by Crippen LogP contribution is 2.19. The molecule has 11 nitrogen and oxygen atoms in total. The molecule has 1 atom stereocenters. The second kappa shape index (κ2) is 8.17. The highest BCUT2D eigenvalue weighted by Gasteiger charge is 2.31. The van der Waals surface area contributed by atoms with E-state index in [0.29, 0.717) is 16.9 Å². The van der Waals surface area contributed by atoms with Gasteiger partial charge in [-0.3, -0.25) is 4.79 Å². The van der Waals surface area contributed by atoms with Crippen LogP contribution in [-0.4, -0.2) is 60.5 Å². The van der Waals surface area contributed by atoms with Crippen molar-refractivity contribution < 1.29 is 21.6 Å². The van der Waals surface area contributed by atoms with Crippen molar-refractivity contribution in [1.29, 1.82) is 0 Å². The van der Waals surface area contributed by atoms with Crippen LogP contribution in [-0.2, 0) is 19.9 Å². The maximum atomic E-state index is 12.5. The van der Waals surface area contributed by atoms with Crippen molar-refractivity contribution in [3.8, 4) is 5.69 Å². The maximum Gasteiger partial charge on any atom is 0.255 e. The Hall–Kier alpha value is -3.16. The molecule has 1 aliphatic heterocycles. The Morgan fingerprint density at radius 2 is 1.90 bits per heavy atom. The largest absolute Gasteiger partial charge is 0.322 e. The van der Waals surface area contributed by atoms with Crippen LogP contribution in [0.25, 0.3) is 5.69 Å². The number of carbonyl (C=O) groups excluding carboxylic acids is 1. The van der Waals surface area contributed by atoms with Gasteiger partial charge in [0.25, 0.3) is 5.91 Å². The standard InChI is InChI=1S/C18H18N6O5S2/c25-18(13-2-1-3-16(10-13)24-12-19-22-23-24)20-14-4-6-17(7-5-14)31(28,29)21-15-8-9-30(26,27)11-15/h1-7,10,12,15,21H,8-9,11H2,(H,20,25)/t15-/m1/s1. The molecule has 2 heterocycles. The molecule has 0 unspecified atom stereocenters. The van der Waals surface area contributed by atoms with Crippen molar-refractivity contribution in [2.24, 2.45) is 0 Å². The van der Waals surface area contributed by atoms with Crippen LogP contribution >= 0.6 is 0 Å². The zero-order valence-corrected chi connectivity index (χ0v) is 17.7. The molecule has 0 spiro atoms. The van der Waals surface area contributed by atoms with Gasteiger partial charge >= 0.3 is 0 Å². The fourth-order valence-electron chi connectivity index (χ4n) is 3.17. The molecule has 4 rings (SSSR count). The van der Waals surface area contributed by atoms with E-state index < -0.39 is 25.9 Å². The number of amides is 1. The molecule has 1 aliphatic rings. The van der Waals surface area contributed by atoms with E-state index in [9.17, 15) is 21.6 Å². The summed E-state index contributed by atoms with van der Waals surface area (Å²) < 4.78 is 51.9. The third-order valence-corrected chi connectivity index (χ3v) is 8.00. The molecule has 0 bridgehead atoms. The van der Waals surface area contributed by atoms with Gasteiger partial charge in [-0.15, -0.1) is 5.10 Å². The van der Waals surface area contributed by atoms with Crippen molar-refractivity contribution in [2.45, 2.75) is 17.4 Å². The smallest absolute Gasteiger partial charge is 0.255 e. The molecule has 3 aromatic rings. The number of rotatable bonds is 6. The molecule has 1 saturated heterocycles. The van der Waals surface area contributed by atoms with E-state index in [4.69, 9.17) is 0 Å². The lowest BCUT2D eigenvalue weighted by Crippen LogP contribution is -2.35. The minimum atomic E-state index is -3.87. The van der Waals surface area contributed by atoms with Crippen LogP contribution in [0.2, 0.25) is 0 Å². The fraction of sp³-hybridized carbons (Fsp3) is 0.222. The summed E-state index contributed by atoms with van der Waals surface area (Å²) in [5.74, 6) is -0.621. The lowest BCUT2D eigenvalue weighted by atomic mass is 10.2. The van der Waals surface area contributed by atoms with Gasteiger partial charge in [0, 0.05) is 17.3 Å². The minimum absolute atomic E-state index is 0.0181. The molecule has 2 N–H and O–H groups in total. The van der Waals surface area contributed by atoms with E-state index in [1.54, 1.807) is 24.3 Å². The molecule has 2 aromatic carbocycles. The number of tetrazole rings is 1. The Morgan fingerprint density at radius 3 is 2.55 bits per heavy atom. The summed E-state index contributed by atoms with van der Waals surface area (Å²) in [6, 6.07) is 11.7. The molecular weight excluding hydrogens is 444 g/mol. The summed E-state index contributed by atoms with van der Waals surface area (Å²) in [7, 11) is -7.07. The number of nitrogens with zero attached hydrogens (tertiary/aromatic N) is 4. The molecule has 0 aliphatic carbocycles. The van der Waals surface area contributed by atoms with Crippen molar-refractivity contribution in [2.75, 3.05) is 16.8 Å². The number of hydrogen-bond donors (Lipinski definition) is 2. The van der Waals surface area contributed by atoms with E-state index in [1.165, 1.54) is 35.3 Å².